The molecule has 0 aliphatic heterocycles. The molecule has 90 valence electrons. The Balaban J connectivity index is 2.04. The maximum atomic E-state index is 6.35. The lowest BCUT2D eigenvalue weighted by Crippen LogP contribution is -2.48. The molecule has 1 fully saturated rings. The first-order chi connectivity index (χ1) is 7.49. The van der Waals surface area contributed by atoms with Crippen molar-refractivity contribution in [3.63, 3.8) is 0 Å². The van der Waals surface area contributed by atoms with E-state index >= 15 is 0 Å². The van der Waals surface area contributed by atoms with Gasteiger partial charge in [-0.05, 0) is 25.2 Å². The molecule has 0 spiro atoms. The van der Waals surface area contributed by atoms with E-state index in [0.717, 1.165) is 9.35 Å². The molecule has 2 unspecified atom stereocenters. The summed E-state index contributed by atoms with van der Waals surface area (Å²) in [7, 11) is 0. The molecule has 1 aromatic heterocycles. The van der Waals surface area contributed by atoms with Gasteiger partial charge in [-0.15, -0.1) is 10.2 Å². The minimum Gasteiger partial charge on any atom is -0.326 e. The standard InChI is InChI=1S/C11H19N3S2/c1-7-13-14-10(15-7)16-8-5-4-6-11(2,3)9(8)12/h8-9H,4-6,12H2,1-3H3. The SMILES string of the molecule is Cc1nnc(SC2CCCC(C)(C)C2N)s1. The molecule has 1 aliphatic carbocycles. The van der Waals surface area contributed by atoms with Crippen LogP contribution in [0.15, 0.2) is 4.34 Å². The number of rotatable bonds is 2. The highest BCUT2D eigenvalue weighted by molar-refractivity contribution is 8.01. The smallest absolute Gasteiger partial charge is 0.174 e. The Hall–Kier alpha value is -0.130. The average Bonchev–Trinajstić information content (AvgIpc) is 2.59. The van der Waals surface area contributed by atoms with Crippen LogP contribution >= 0.6 is 23.1 Å². The van der Waals surface area contributed by atoms with Gasteiger partial charge in [-0.2, -0.15) is 0 Å². The van der Waals surface area contributed by atoms with Crippen LogP contribution in [0.5, 0.6) is 0 Å². The first-order valence-electron chi connectivity index (χ1n) is 5.71. The summed E-state index contributed by atoms with van der Waals surface area (Å²) in [5, 5.41) is 9.75. The quantitative estimate of drug-likeness (QED) is 0.885. The van der Waals surface area contributed by atoms with E-state index in [0.29, 0.717) is 5.25 Å². The maximum absolute atomic E-state index is 6.35. The van der Waals surface area contributed by atoms with Gasteiger partial charge in [0.1, 0.15) is 5.01 Å². The van der Waals surface area contributed by atoms with Gasteiger partial charge in [-0.1, -0.05) is 43.4 Å². The topological polar surface area (TPSA) is 51.8 Å². The van der Waals surface area contributed by atoms with Crippen molar-refractivity contribution in [2.75, 3.05) is 0 Å². The van der Waals surface area contributed by atoms with E-state index in [1.165, 1.54) is 19.3 Å². The third-order valence-electron chi connectivity index (χ3n) is 3.37. The van der Waals surface area contributed by atoms with Crippen LogP contribution in [0.25, 0.3) is 0 Å². The minimum absolute atomic E-state index is 0.260. The Bertz CT molecular complexity index is 362. The molecule has 2 atom stereocenters. The van der Waals surface area contributed by atoms with Crippen LogP contribution in [0.1, 0.15) is 38.1 Å². The molecule has 3 nitrogen and oxygen atoms in total. The summed E-state index contributed by atoms with van der Waals surface area (Å²) in [5.41, 5.74) is 6.61. The van der Waals surface area contributed by atoms with Crippen molar-refractivity contribution in [1.29, 1.82) is 0 Å². The third kappa shape index (κ3) is 2.57. The lowest BCUT2D eigenvalue weighted by atomic mass is 9.73. The number of thioether (sulfide) groups is 1. The Morgan fingerprint density at radius 1 is 1.44 bits per heavy atom. The summed E-state index contributed by atoms with van der Waals surface area (Å²) in [6, 6.07) is 0.260. The molecule has 1 aliphatic rings. The highest BCUT2D eigenvalue weighted by Crippen LogP contribution is 2.42. The summed E-state index contributed by atoms with van der Waals surface area (Å²) in [6.07, 6.45) is 3.71. The van der Waals surface area contributed by atoms with Crippen LogP contribution in [-0.2, 0) is 0 Å². The molecule has 16 heavy (non-hydrogen) atoms. The normalized spacial score (nSPS) is 29.2. The zero-order valence-electron chi connectivity index (χ0n) is 10.1. The highest BCUT2D eigenvalue weighted by atomic mass is 32.2. The number of hydrogen-bond acceptors (Lipinski definition) is 5. The second-order valence-corrected chi connectivity index (χ2v) is 7.82. The van der Waals surface area contributed by atoms with Crippen molar-refractivity contribution in [2.45, 2.75) is 55.7 Å². The van der Waals surface area contributed by atoms with Crippen LogP contribution in [0.2, 0.25) is 0 Å². The lowest BCUT2D eigenvalue weighted by molar-refractivity contribution is 0.208. The Morgan fingerprint density at radius 3 is 2.81 bits per heavy atom. The lowest BCUT2D eigenvalue weighted by Gasteiger charge is -2.41. The van der Waals surface area contributed by atoms with Gasteiger partial charge in [0.15, 0.2) is 4.34 Å². The number of aryl methyl sites for hydroxylation is 1. The minimum atomic E-state index is 0.260. The Morgan fingerprint density at radius 2 is 2.19 bits per heavy atom. The van der Waals surface area contributed by atoms with Crippen LogP contribution in [0, 0.1) is 12.3 Å². The zero-order chi connectivity index (χ0) is 11.8. The summed E-state index contributed by atoms with van der Waals surface area (Å²) in [5.74, 6) is 0. The van der Waals surface area contributed by atoms with E-state index in [2.05, 4.69) is 24.0 Å². The van der Waals surface area contributed by atoms with Crippen molar-refractivity contribution < 1.29 is 0 Å². The number of hydrogen-bond donors (Lipinski definition) is 1. The van der Waals surface area contributed by atoms with Crippen molar-refractivity contribution in [1.82, 2.24) is 10.2 Å². The molecule has 2 N–H and O–H groups in total. The molecule has 5 heteroatoms. The van der Waals surface area contributed by atoms with Crippen molar-refractivity contribution in [3.8, 4) is 0 Å². The summed E-state index contributed by atoms with van der Waals surface area (Å²) >= 11 is 3.48. The molecule has 1 heterocycles. The second-order valence-electron chi connectivity index (χ2n) is 5.15. The zero-order valence-corrected chi connectivity index (χ0v) is 11.7. The van der Waals surface area contributed by atoms with Gasteiger partial charge in [0.05, 0.1) is 0 Å². The number of nitrogens with two attached hydrogens (primary N) is 1. The van der Waals surface area contributed by atoms with Gasteiger partial charge in [-0.3, -0.25) is 0 Å². The van der Waals surface area contributed by atoms with Gasteiger partial charge >= 0.3 is 0 Å². The van der Waals surface area contributed by atoms with Crippen LogP contribution in [0.3, 0.4) is 0 Å². The van der Waals surface area contributed by atoms with Gasteiger partial charge in [-0.25, -0.2) is 0 Å². The fourth-order valence-corrected chi connectivity index (χ4v) is 4.68. The fourth-order valence-electron chi connectivity index (χ4n) is 2.20. The molecule has 1 aromatic rings. The number of nitrogens with zero attached hydrogens (tertiary/aromatic N) is 2. The summed E-state index contributed by atoms with van der Waals surface area (Å²) in [6.45, 7) is 6.54. The van der Waals surface area contributed by atoms with Crippen LogP contribution in [-0.4, -0.2) is 21.5 Å². The molecule has 0 aromatic carbocycles. The van der Waals surface area contributed by atoms with Crippen LogP contribution < -0.4 is 5.73 Å². The molecule has 0 bridgehead atoms. The summed E-state index contributed by atoms with van der Waals surface area (Å²) < 4.78 is 1.07. The van der Waals surface area contributed by atoms with E-state index < -0.39 is 0 Å². The van der Waals surface area contributed by atoms with E-state index in [-0.39, 0.29) is 11.5 Å². The summed E-state index contributed by atoms with van der Waals surface area (Å²) in [4.78, 5) is 0. The molecular weight excluding hydrogens is 238 g/mol. The van der Waals surface area contributed by atoms with E-state index in [1.807, 2.05) is 18.7 Å². The van der Waals surface area contributed by atoms with Gasteiger partial charge < -0.3 is 5.73 Å². The molecule has 1 saturated carbocycles. The number of aromatic nitrogens is 2. The molecule has 0 radical (unpaired) electrons. The second kappa shape index (κ2) is 4.63. The highest BCUT2D eigenvalue weighted by Gasteiger charge is 2.37. The van der Waals surface area contributed by atoms with Crippen molar-refractivity contribution in [3.05, 3.63) is 5.01 Å². The Kier molecular flexibility index (Phi) is 3.56. The maximum Gasteiger partial charge on any atom is 0.174 e. The van der Waals surface area contributed by atoms with E-state index in [4.69, 9.17) is 5.73 Å². The predicted molar refractivity (Wildman–Crippen MR) is 69.9 cm³/mol. The van der Waals surface area contributed by atoms with E-state index in [9.17, 15) is 0 Å². The molecule has 0 saturated heterocycles. The largest absolute Gasteiger partial charge is 0.326 e. The molecular formula is C11H19N3S2. The predicted octanol–water partition coefficient (Wildman–Crippen LogP) is 2.84. The van der Waals surface area contributed by atoms with Gasteiger partial charge in [0.2, 0.25) is 0 Å². The Labute approximate surface area is 105 Å². The first kappa shape index (κ1) is 12.3. The average molecular weight is 257 g/mol. The third-order valence-corrected chi connectivity index (χ3v) is 5.66. The van der Waals surface area contributed by atoms with E-state index in [1.54, 1.807) is 11.3 Å². The fraction of sp³-hybridized carbons (Fsp3) is 0.818. The van der Waals surface area contributed by atoms with Crippen molar-refractivity contribution in [2.24, 2.45) is 11.1 Å². The molecule has 2 rings (SSSR count). The monoisotopic (exact) mass is 257 g/mol. The molecule has 0 amide bonds. The van der Waals surface area contributed by atoms with Crippen molar-refractivity contribution >= 4 is 23.1 Å². The van der Waals surface area contributed by atoms with Crippen LogP contribution in [0.4, 0.5) is 0 Å². The van der Waals surface area contributed by atoms with Gasteiger partial charge in [0.25, 0.3) is 0 Å². The first-order valence-corrected chi connectivity index (χ1v) is 7.41. The van der Waals surface area contributed by atoms with Gasteiger partial charge in [0, 0.05) is 11.3 Å².